The maximum atomic E-state index is 4.38. The highest BCUT2D eigenvalue weighted by molar-refractivity contribution is 5.48. The highest BCUT2D eigenvalue weighted by Gasteiger charge is 2.08. The predicted molar refractivity (Wildman–Crippen MR) is 83.0 cm³/mol. The van der Waals surface area contributed by atoms with Gasteiger partial charge in [0.15, 0.2) is 5.82 Å². The third kappa shape index (κ3) is 3.08. The number of likely N-dealkylation sites (N-methyl/N-ethyl adjacent to an activating group) is 1. The Morgan fingerprint density at radius 3 is 2.67 bits per heavy atom. The van der Waals surface area contributed by atoms with Gasteiger partial charge in [0.2, 0.25) is 0 Å². The minimum atomic E-state index is 0.796. The topological polar surface area (TPSA) is 46.8 Å². The summed E-state index contributed by atoms with van der Waals surface area (Å²) in [5.74, 6) is 0.851. The van der Waals surface area contributed by atoms with E-state index in [1.165, 1.54) is 5.69 Å². The smallest absolute Gasteiger partial charge is 0.160 e. The molecule has 3 rings (SSSR count). The molecule has 2 aromatic heterocycles. The van der Waals surface area contributed by atoms with Crippen LogP contribution in [0.1, 0.15) is 0 Å². The van der Waals surface area contributed by atoms with Crippen LogP contribution in [-0.4, -0.2) is 33.1 Å². The van der Waals surface area contributed by atoms with E-state index in [4.69, 9.17) is 0 Å². The summed E-state index contributed by atoms with van der Waals surface area (Å²) in [5, 5.41) is 0. The van der Waals surface area contributed by atoms with Crippen LogP contribution in [0.2, 0.25) is 0 Å². The van der Waals surface area contributed by atoms with Crippen LogP contribution >= 0.6 is 0 Å². The van der Waals surface area contributed by atoms with Crippen molar-refractivity contribution in [2.75, 3.05) is 18.5 Å². The van der Waals surface area contributed by atoms with E-state index < -0.39 is 0 Å². The Hall–Kier alpha value is -2.69. The summed E-state index contributed by atoms with van der Waals surface area (Å²) in [6, 6.07) is 10.3. The van der Waals surface area contributed by atoms with Gasteiger partial charge in [-0.3, -0.25) is 4.98 Å². The van der Waals surface area contributed by atoms with E-state index in [1.54, 1.807) is 24.8 Å². The molecule has 0 atom stereocenters. The molecule has 0 aliphatic carbocycles. The second kappa shape index (κ2) is 6.17. The van der Waals surface area contributed by atoms with Gasteiger partial charge in [0.1, 0.15) is 5.69 Å². The van der Waals surface area contributed by atoms with Crippen molar-refractivity contribution in [3.63, 3.8) is 0 Å². The summed E-state index contributed by atoms with van der Waals surface area (Å²) in [5.41, 5.74) is 2.00. The molecular formula is C16H17N5. The Bertz CT molecular complexity index is 678. The molecule has 0 N–H and O–H groups in total. The molecule has 0 unspecified atom stereocenters. The maximum absolute atomic E-state index is 4.38. The first-order valence-corrected chi connectivity index (χ1v) is 6.88. The molecule has 0 fully saturated rings. The third-order valence-corrected chi connectivity index (χ3v) is 3.38. The number of hydrogen-bond donors (Lipinski definition) is 0. The van der Waals surface area contributed by atoms with E-state index in [2.05, 4.69) is 43.6 Å². The lowest BCUT2D eigenvalue weighted by Gasteiger charge is -2.20. The number of nitrogens with zero attached hydrogens (tertiary/aromatic N) is 5. The van der Waals surface area contributed by atoms with Gasteiger partial charge in [-0.25, -0.2) is 9.97 Å². The highest BCUT2D eigenvalue weighted by Crippen LogP contribution is 2.14. The Labute approximate surface area is 123 Å². The first kappa shape index (κ1) is 13.3. The van der Waals surface area contributed by atoms with E-state index in [0.717, 1.165) is 24.6 Å². The predicted octanol–water partition coefficient (Wildman–Crippen LogP) is 2.48. The summed E-state index contributed by atoms with van der Waals surface area (Å²) in [6.45, 7) is 1.74. The van der Waals surface area contributed by atoms with Crippen molar-refractivity contribution < 1.29 is 0 Å². The van der Waals surface area contributed by atoms with Crippen molar-refractivity contribution in [2.45, 2.75) is 6.54 Å². The molecule has 0 amide bonds. The number of imidazole rings is 1. The van der Waals surface area contributed by atoms with Gasteiger partial charge in [0.05, 0.1) is 6.20 Å². The van der Waals surface area contributed by atoms with Crippen LogP contribution in [0.5, 0.6) is 0 Å². The van der Waals surface area contributed by atoms with E-state index in [0.29, 0.717) is 0 Å². The molecule has 2 heterocycles. The summed E-state index contributed by atoms with van der Waals surface area (Å²) in [6.07, 6.45) is 8.86. The third-order valence-electron chi connectivity index (χ3n) is 3.38. The fourth-order valence-electron chi connectivity index (χ4n) is 2.21. The quantitative estimate of drug-likeness (QED) is 0.720. The summed E-state index contributed by atoms with van der Waals surface area (Å²) < 4.78 is 2.10. The minimum Gasteiger partial charge on any atom is -0.373 e. The molecule has 21 heavy (non-hydrogen) atoms. The van der Waals surface area contributed by atoms with Crippen molar-refractivity contribution in [3.05, 3.63) is 61.3 Å². The molecule has 1 aromatic carbocycles. The molecule has 0 aliphatic heterocycles. The molecule has 0 saturated heterocycles. The number of benzene rings is 1. The van der Waals surface area contributed by atoms with E-state index >= 15 is 0 Å². The van der Waals surface area contributed by atoms with Crippen molar-refractivity contribution in [3.8, 4) is 11.5 Å². The zero-order chi connectivity index (χ0) is 14.5. The Morgan fingerprint density at radius 2 is 1.90 bits per heavy atom. The van der Waals surface area contributed by atoms with Gasteiger partial charge in [-0.15, -0.1) is 0 Å². The molecule has 0 radical (unpaired) electrons. The van der Waals surface area contributed by atoms with E-state index in [9.17, 15) is 0 Å². The molecule has 5 heteroatoms. The fourth-order valence-corrected chi connectivity index (χ4v) is 2.21. The molecule has 0 bridgehead atoms. The largest absolute Gasteiger partial charge is 0.373 e. The van der Waals surface area contributed by atoms with E-state index in [-0.39, 0.29) is 0 Å². The summed E-state index contributed by atoms with van der Waals surface area (Å²) in [4.78, 5) is 15.0. The van der Waals surface area contributed by atoms with E-state index in [1.807, 2.05) is 24.4 Å². The monoisotopic (exact) mass is 279 g/mol. The minimum absolute atomic E-state index is 0.796. The van der Waals surface area contributed by atoms with Crippen LogP contribution in [0.4, 0.5) is 5.69 Å². The zero-order valence-electron chi connectivity index (χ0n) is 11.9. The number of hydrogen-bond acceptors (Lipinski definition) is 4. The van der Waals surface area contributed by atoms with Crippen molar-refractivity contribution in [1.29, 1.82) is 0 Å². The summed E-state index contributed by atoms with van der Waals surface area (Å²) >= 11 is 0. The second-order valence-corrected chi connectivity index (χ2v) is 4.79. The highest BCUT2D eigenvalue weighted by atomic mass is 15.1. The van der Waals surface area contributed by atoms with Crippen LogP contribution in [0.15, 0.2) is 61.3 Å². The van der Waals surface area contributed by atoms with Gasteiger partial charge in [0.25, 0.3) is 0 Å². The number of anilines is 1. The maximum Gasteiger partial charge on any atom is 0.160 e. The molecule has 0 aliphatic rings. The molecule has 3 aromatic rings. The Balaban J connectivity index is 1.71. The summed E-state index contributed by atoms with van der Waals surface area (Å²) in [7, 11) is 2.09. The normalized spacial score (nSPS) is 10.5. The number of rotatable bonds is 5. The molecular weight excluding hydrogens is 262 g/mol. The first-order valence-electron chi connectivity index (χ1n) is 6.88. The van der Waals surface area contributed by atoms with Gasteiger partial charge >= 0.3 is 0 Å². The van der Waals surface area contributed by atoms with Crippen molar-refractivity contribution >= 4 is 5.69 Å². The zero-order valence-corrected chi connectivity index (χ0v) is 11.9. The van der Waals surface area contributed by atoms with Gasteiger partial charge in [0, 0.05) is 50.6 Å². The van der Waals surface area contributed by atoms with Crippen molar-refractivity contribution in [1.82, 2.24) is 19.5 Å². The molecule has 5 nitrogen and oxygen atoms in total. The van der Waals surface area contributed by atoms with Gasteiger partial charge in [-0.1, -0.05) is 18.2 Å². The van der Waals surface area contributed by atoms with Crippen LogP contribution < -0.4 is 4.90 Å². The average Bonchev–Trinajstić information content (AvgIpc) is 3.03. The molecule has 0 spiro atoms. The van der Waals surface area contributed by atoms with Crippen LogP contribution in [0.25, 0.3) is 11.5 Å². The van der Waals surface area contributed by atoms with Gasteiger partial charge < -0.3 is 9.47 Å². The van der Waals surface area contributed by atoms with Gasteiger partial charge in [-0.05, 0) is 12.1 Å². The lowest BCUT2D eigenvalue weighted by atomic mass is 10.3. The molecule has 0 saturated carbocycles. The Morgan fingerprint density at radius 1 is 1.05 bits per heavy atom. The average molecular weight is 279 g/mol. The van der Waals surface area contributed by atoms with Crippen LogP contribution in [0.3, 0.4) is 0 Å². The number of para-hydroxylation sites is 1. The second-order valence-electron chi connectivity index (χ2n) is 4.79. The molecule has 106 valence electrons. The first-order chi connectivity index (χ1) is 10.3. The fraction of sp³-hybridized carbons (Fsp3) is 0.188. The SMILES string of the molecule is CN(CCn1ccnc1-c1cnccn1)c1ccccc1. The lowest BCUT2D eigenvalue weighted by Crippen LogP contribution is -2.22. The lowest BCUT2D eigenvalue weighted by molar-refractivity contribution is 0.689. The van der Waals surface area contributed by atoms with Crippen LogP contribution in [-0.2, 0) is 6.54 Å². The standard InChI is InChI=1S/C16H17N5/c1-20(14-5-3-2-4-6-14)11-12-21-10-9-19-16(21)15-13-17-7-8-18-15/h2-10,13H,11-12H2,1H3. The van der Waals surface area contributed by atoms with Crippen molar-refractivity contribution in [2.24, 2.45) is 0 Å². The Kier molecular flexibility index (Phi) is 3.91. The van der Waals surface area contributed by atoms with Gasteiger partial charge in [-0.2, -0.15) is 0 Å². The number of aromatic nitrogens is 4. The van der Waals surface area contributed by atoms with Crippen LogP contribution in [0, 0.1) is 0 Å².